The van der Waals surface area contributed by atoms with Crippen molar-refractivity contribution in [3.05, 3.63) is 0 Å². The molecule has 2 unspecified atom stereocenters. The molecule has 0 amide bonds. The Kier molecular flexibility index (Phi) is 5.17. The molecule has 3 nitrogen and oxygen atoms in total. The van der Waals surface area contributed by atoms with E-state index in [9.17, 15) is 9.59 Å². The van der Waals surface area contributed by atoms with E-state index in [2.05, 4.69) is 0 Å². The van der Waals surface area contributed by atoms with Crippen LogP contribution in [0.3, 0.4) is 0 Å². The van der Waals surface area contributed by atoms with Gasteiger partial charge in [0.25, 0.3) is 0 Å². The molecule has 2 atom stereocenters. The minimum Gasteiger partial charge on any atom is -0.327 e. The zero-order chi connectivity index (χ0) is 9.72. The molecule has 12 heavy (non-hydrogen) atoms. The van der Waals surface area contributed by atoms with Crippen LogP contribution in [-0.4, -0.2) is 22.2 Å². The first-order valence-corrected chi connectivity index (χ1v) is 4.76. The topological polar surface area (TPSA) is 60.2 Å². The Morgan fingerprint density at radius 2 is 1.92 bits per heavy atom. The molecule has 0 aliphatic heterocycles. The number of nitrogens with two attached hydrogens (primary N) is 1. The van der Waals surface area contributed by atoms with E-state index < -0.39 is 0 Å². The number of carbonyl (C=O) groups is 2. The number of thioether (sulfide) groups is 1. The number of hydrogen-bond donors (Lipinski definition) is 1. The van der Waals surface area contributed by atoms with Gasteiger partial charge in [-0.05, 0) is 13.8 Å². The second-order valence-corrected chi connectivity index (χ2v) is 4.37. The van der Waals surface area contributed by atoms with E-state index in [1.807, 2.05) is 13.8 Å². The van der Waals surface area contributed by atoms with Gasteiger partial charge in [-0.2, -0.15) is 0 Å². The zero-order valence-corrected chi connectivity index (χ0v) is 8.48. The molecule has 0 aromatic rings. The minimum absolute atomic E-state index is 0.0156. The van der Waals surface area contributed by atoms with Gasteiger partial charge in [-0.25, -0.2) is 0 Å². The lowest BCUT2D eigenvalue weighted by Gasteiger charge is -2.12. The van der Waals surface area contributed by atoms with E-state index in [1.165, 1.54) is 6.92 Å². The van der Waals surface area contributed by atoms with Crippen molar-refractivity contribution in [1.82, 2.24) is 0 Å². The second-order valence-electron chi connectivity index (χ2n) is 2.93. The highest BCUT2D eigenvalue weighted by atomic mass is 32.2. The number of carbonyl (C=O) groups excluding carboxylic acids is 2. The third-order valence-corrected chi connectivity index (χ3v) is 2.66. The summed E-state index contributed by atoms with van der Waals surface area (Å²) in [5.41, 5.74) is 5.56. The van der Waals surface area contributed by atoms with Crippen molar-refractivity contribution in [3.8, 4) is 0 Å². The van der Waals surface area contributed by atoms with Gasteiger partial charge in [0, 0.05) is 11.3 Å². The van der Waals surface area contributed by atoms with Crippen molar-refractivity contribution in [2.24, 2.45) is 5.73 Å². The molecule has 0 saturated heterocycles. The van der Waals surface area contributed by atoms with Gasteiger partial charge in [0.2, 0.25) is 0 Å². The normalized spacial score (nSPS) is 15.3. The molecule has 2 N–H and O–H groups in total. The van der Waals surface area contributed by atoms with Gasteiger partial charge in [-0.15, -0.1) is 0 Å². The predicted octanol–water partition coefficient (Wildman–Crippen LogP) is 0.961. The SMILES string of the molecule is CC(=O)CC(=O)SC(C)C(C)N. The number of Topliss-reactive ketones (excluding diaryl/α,β-unsaturated/α-hetero) is 1. The fourth-order valence-electron chi connectivity index (χ4n) is 0.560. The summed E-state index contributed by atoms with van der Waals surface area (Å²) in [7, 11) is 0. The van der Waals surface area contributed by atoms with Crippen LogP contribution in [0.5, 0.6) is 0 Å². The highest BCUT2D eigenvalue weighted by Crippen LogP contribution is 2.15. The van der Waals surface area contributed by atoms with Gasteiger partial charge >= 0.3 is 0 Å². The summed E-state index contributed by atoms with van der Waals surface area (Å²) in [6.45, 7) is 5.14. The third kappa shape index (κ3) is 5.32. The van der Waals surface area contributed by atoms with Crippen molar-refractivity contribution < 1.29 is 9.59 Å². The Bertz CT molecular complexity index is 180. The highest BCUT2D eigenvalue weighted by Gasteiger charge is 2.14. The van der Waals surface area contributed by atoms with Crippen molar-refractivity contribution in [1.29, 1.82) is 0 Å². The third-order valence-electron chi connectivity index (χ3n) is 1.45. The van der Waals surface area contributed by atoms with Gasteiger partial charge in [-0.1, -0.05) is 18.7 Å². The van der Waals surface area contributed by atoms with Crippen molar-refractivity contribution in [2.75, 3.05) is 0 Å². The lowest BCUT2D eigenvalue weighted by Crippen LogP contribution is -2.27. The van der Waals surface area contributed by atoms with Crippen LogP contribution >= 0.6 is 11.8 Å². The average Bonchev–Trinajstić information content (AvgIpc) is 1.84. The molecule has 4 heteroatoms. The van der Waals surface area contributed by atoms with E-state index in [0.29, 0.717) is 0 Å². The Hall–Kier alpha value is -0.350. The molecular weight excluding hydrogens is 174 g/mol. The molecule has 0 aromatic heterocycles. The standard InChI is InChI=1S/C8H15NO2S/c1-5(10)4-8(11)12-7(3)6(2)9/h6-7H,4,9H2,1-3H3. The molecule has 0 fully saturated rings. The van der Waals surface area contributed by atoms with Gasteiger partial charge in [0.1, 0.15) is 5.78 Å². The molecule has 0 spiro atoms. The van der Waals surface area contributed by atoms with Crippen molar-refractivity contribution in [3.63, 3.8) is 0 Å². The van der Waals surface area contributed by atoms with Crippen LogP contribution in [0.4, 0.5) is 0 Å². The molecule has 0 heterocycles. The smallest absolute Gasteiger partial charge is 0.196 e. The van der Waals surface area contributed by atoms with E-state index >= 15 is 0 Å². The quantitative estimate of drug-likeness (QED) is 0.669. The van der Waals surface area contributed by atoms with Gasteiger partial charge in [0.05, 0.1) is 6.42 Å². The molecule has 70 valence electrons. The maximum Gasteiger partial charge on any atom is 0.196 e. The monoisotopic (exact) mass is 189 g/mol. The predicted molar refractivity (Wildman–Crippen MR) is 51.0 cm³/mol. The van der Waals surface area contributed by atoms with Crippen molar-refractivity contribution in [2.45, 2.75) is 38.5 Å². The van der Waals surface area contributed by atoms with Gasteiger partial charge in [-0.3, -0.25) is 9.59 Å². The second kappa shape index (κ2) is 5.32. The van der Waals surface area contributed by atoms with Crippen LogP contribution in [0, 0.1) is 0 Å². The summed E-state index contributed by atoms with van der Waals surface area (Å²) in [4.78, 5) is 21.6. The maximum absolute atomic E-state index is 11.1. The molecule has 0 aliphatic carbocycles. The minimum atomic E-state index is -0.0932. The Morgan fingerprint density at radius 1 is 1.42 bits per heavy atom. The highest BCUT2D eigenvalue weighted by molar-refractivity contribution is 8.14. The van der Waals surface area contributed by atoms with E-state index in [4.69, 9.17) is 5.73 Å². The van der Waals surface area contributed by atoms with E-state index in [0.717, 1.165) is 11.8 Å². The number of hydrogen-bond acceptors (Lipinski definition) is 4. The first-order chi connectivity index (χ1) is 5.43. The molecule has 0 saturated carbocycles. The van der Waals surface area contributed by atoms with Crippen LogP contribution in [0.2, 0.25) is 0 Å². The molecular formula is C8H15NO2S. The molecule has 0 radical (unpaired) electrons. The summed E-state index contributed by atoms with van der Waals surface area (Å²) in [5.74, 6) is -0.0932. The van der Waals surface area contributed by atoms with Crippen LogP contribution in [0.25, 0.3) is 0 Å². The number of ketones is 1. The van der Waals surface area contributed by atoms with Gasteiger partial charge in [0.15, 0.2) is 5.12 Å². The maximum atomic E-state index is 11.1. The summed E-state index contributed by atoms with van der Waals surface area (Å²) in [5, 5.41) is -0.0100. The summed E-state index contributed by atoms with van der Waals surface area (Å²) in [6.07, 6.45) is 0.0156. The van der Waals surface area contributed by atoms with Crippen LogP contribution in [0.1, 0.15) is 27.2 Å². The zero-order valence-electron chi connectivity index (χ0n) is 7.66. The van der Waals surface area contributed by atoms with Crippen LogP contribution in [-0.2, 0) is 9.59 Å². The Labute approximate surface area is 77.1 Å². The summed E-state index contributed by atoms with van der Waals surface area (Å²) >= 11 is 1.15. The van der Waals surface area contributed by atoms with Crippen LogP contribution in [0.15, 0.2) is 0 Å². The first kappa shape index (κ1) is 11.6. The van der Waals surface area contributed by atoms with Crippen LogP contribution < -0.4 is 5.73 Å². The summed E-state index contributed by atoms with van der Waals surface area (Å²) < 4.78 is 0. The first-order valence-electron chi connectivity index (χ1n) is 3.88. The Morgan fingerprint density at radius 3 is 2.25 bits per heavy atom. The molecule has 0 rings (SSSR count). The molecule has 0 aliphatic rings. The lowest BCUT2D eigenvalue weighted by atomic mass is 10.3. The van der Waals surface area contributed by atoms with E-state index in [1.54, 1.807) is 0 Å². The largest absolute Gasteiger partial charge is 0.327 e. The average molecular weight is 189 g/mol. The fraction of sp³-hybridized carbons (Fsp3) is 0.750. The van der Waals surface area contributed by atoms with Crippen molar-refractivity contribution >= 4 is 22.7 Å². The van der Waals surface area contributed by atoms with Gasteiger partial charge < -0.3 is 5.73 Å². The number of rotatable bonds is 4. The molecule has 0 bridgehead atoms. The van der Waals surface area contributed by atoms with E-state index in [-0.39, 0.29) is 28.6 Å². The lowest BCUT2D eigenvalue weighted by molar-refractivity contribution is -0.121. The fourth-order valence-corrected chi connectivity index (χ4v) is 1.48. The summed E-state index contributed by atoms with van der Waals surface area (Å²) in [6, 6.07) is -0.0223. The molecule has 0 aromatic carbocycles. The Balaban J connectivity index is 3.77.